The normalized spacial score (nSPS) is 14.7. The predicted octanol–water partition coefficient (Wildman–Crippen LogP) is 3.67. The molecule has 5 nitrogen and oxygen atoms in total. The zero-order valence-corrected chi connectivity index (χ0v) is 14.2. The van der Waals surface area contributed by atoms with E-state index in [1.54, 1.807) is 18.5 Å². The largest absolute Gasteiger partial charge is 0.341 e. The Morgan fingerprint density at radius 1 is 1.08 bits per heavy atom. The van der Waals surface area contributed by atoms with E-state index in [9.17, 15) is 4.39 Å². The third kappa shape index (κ3) is 3.12. The first-order valence-electron chi connectivity index (χ1n) is 8.58. The van der Waals surface area contributed by atoms with Crippen LogP contribution in [0.1, 0.15) is 19.3 Å². The number of halogens is 1. The van der Waals surface area contributed by atoms with E-state index in [4.69, 9.17) is 4.98 Å². The van der Waals surface area contributed by atoms with Crippen LogP contribution in [0.2, 0.25) is 0 Å². The summed E-state index contributed by atoms with van der Waals surface area (Å²) in [5.41, 5.74) is 2.27. The molecule has 3 aromatic rings. The van der Waals surface area contributed by atoms with Crippen molar-refractivity contribution in [2.75, 3.05) is 18.0 Å². The lowest BCUT2D eigenvalue weighted by atomic mass is 10.0. The lowest BCUT2D eigenvalue weighted by molar-refractivity contribution is 0.568. The fourth-order valence-corrected chi connectivity index (χ4v) is 3.25. The van der Waals surface area contributed by atoms with E-state index >= 15 is 0 Å². The van der Waals surface area contributed by atoms with Gasteiger partial charge in [-0.25, -0.2) is 19.3 Å². The highest BCUT2D eigenvalue weighted by atomic mass is 19.1. The maximum atomic E-state index is 13.7. The van der Waals surface area contributed by atoms with Crippen LogP contribution in [0.25, 0.3) is 22.6 Å². The Balaban J connectivity index is 1.84. The SMILES string of the molecule is Cn1ccnc1-c1nc(N2CCCCC2)ncc1-c1cccc(F)c1. The van der Waals surface area contributed by atoms with Crippen molar-refractivity contribution in [1.82, 2.24) is 19.5 Å². The van der Waals surface area contributed by atoms with Gasteiger partial charge in [0, 0.05) is 44.3 Å². The molecule has 0 atom stereocenters. The van der Waals surface area contributed by atoms with Gasteiger partial charge >= 0.3 is 0 Å². The van der Waals surface area contributed by atoms with Gasteiger partial charge in [0.1, 0.15) is 11.5 Å². The zero-order valence-electron chi connectivity index (χ0n) is 14.2. The molecule has 2 aromatic heterocycles. The average Bonchev–Trinajstić information content (AvgIpc) is 3.08. The van der Waals surface area contributed by atoms with Gasteiger partial charge in [0.25, 0.3) is 0 Å². The number of aromatic nitrogens is 4. The molecular formula is C19H20FN5. The van der Waals surface area contributed by atoms with Crippen LogP contribution < -0.4 is 4.90 Å². The zero-order chi connectivity index (χ0) is 17.2. The van der Waals surface area contributed by atoms with E-state index in [1.807, 2.05) is 23.9 Å². The van der Waals surface area contributed by atoms with Gasteiger partial charge in [-0.05, 0) is 37.0 Å². The molecule has 1 aliphatic heterocycles. The van der Waals surface area contributed by atoms with Crippen LogP contribution in [-0.2, 0) is 7.05 Å². The summed E-state index contributed by atoms with van der Waals surface area (Å²) >= 11 is 0. The number of hydrogen-bond donors (Lipinski definition) is 0. The Bertz CT molecular complexity index is 883. The van der Waals surface area contributed by atoms with Crippen LogP contribution in [0.4, 0.5) is 10.3 Å². The summed E-state index contributed by atoms with van der Waals surface area (Å²) in [5, 5.41) is 0. The molecule has 6 heteroatoms. The summed E-state index contributed by atoms with van der Waals surface area (Å²) in [4.78, 5) is 16.0. The molecule has 1 fully saturated rings. The summed E-state index contributed by atoms with van der Waals surface area (Å²) in [7, 11) is 1.93. The van der Waals surface area contributed by atoms with E-state index < -0.39 is 0 Å². The smallest absolute Gasteiger partial charge is 0.226 e. The molecule has 1 saturated heterocycles. The van der Waals surface area contributed by atoms with E-state index in [-0.39, 0.29) is 5.82 Å². The van der Waals surface area contributed by atoms with Gasteiger partial charge in [-0.2, -0.15) is 0 Å². The second-order valence-corrected chi connectivity index (χ2v) is 6.35. The fraction of sp³-hybridized carbons (Fsp3) is 0.316. The van der Waals surface area contributed by atoms with Crippen LogP contribution >= 0.6 is 0 Å². The van der Waals surface area contributed by atoms with Gasteiger partial charge in [0.15, 0.2) is 5.82 Å². The quantitative estimate of drug-likeness (QED) is 0.731. The number of anilines is 1. The van der Waals surface area contributed by atoms with Gasteiger partial charge < -0.3 is 9.47 Å². The number of piperidine rings is 1. The first-order valence-corrected chi connectivity index (χ1v) is 8.58. The summed E-state index contributed by atoms with van der Waals surface area (Å²) in [5.74, 6) is 1.20. The summed E-state index contributed by atoms with van der Waals surface area (Å²) < 4.78 is 15.6. The van der Waals surface area contributed by atoms with Crippen molar-refractivity contribution in [2.24, 2.45) is 7.05 Å². The van der Waals surface area contributed by atoms with Gasteiger partial charge in [-0.3, -0.25) is 0 Å². The number of hydrogen-bond acceptors (Lipinski definition) is 4. The Morgan fingerprint density at radius 3 is 2.64 bits per heavy atom. The molecule has 0 spiro atoms. The maximum Gasteiger partial charge on any atom is 0.226 e. The number of nitrogens with zero attached hydrogens (tertiary/aromatic N) is 5. The number of aryl methyl sites for hydroxylation is 1. The van der Waals surface area contributed by atoms with Crippen LogP contribution in [0.3, 0.4) is 0 Å². The monoisotopic (exact) mass is 337 g/mol. The van der Waals surface area contributed by atoms with Gasteiger partial charge in [0.2, 0.25) is 5.95 Å². The Labute approximate surface area is 146 Å². The van der Waals surface area contributed by atoms with Gasteiger partial charge in [0.05, 0.1) is 0 Å². The standard InChI is InChI=1S/C19H20FN5/c1-24-11-8-21-18(24)17-16(14-6-5-7-15(20)12-14)13-22-19(23-17)25-9-3-2-4-10-25/h5-8,11-13H,2-4,9-10H2,1H3. The fourth-order valence-electron chi connectivity index (χ4n) is 3.25. The average molecular weight is 337 g/mol. The topological polar surface area (TPSA) is 46.8 Å². The Hall–Kier alpha value is -2.76. The van der Waals surface area contributed by atoms with Crippen molar-refractivity contribution < 1.29 is 4.39 Å². The first kappa shape index (κ1) is 15.7. The highest BCUT2D eigenvalue weighted by molar-refractivity contribution is 5.78. The van der Waals surface area contributed by atoms with Crippen molar-refractivity contribution in [2.45, 2.75) is 19.3 Å². The summed E-state index contributed by atoms with van der Waals surface area (Å²) in [6.45, 7) is 1.94. The minimum Gasteiger partial charge on any atom is -0.341 e. The highest BCUT2D eigenvalue weighted by Gasteiger charge is 2.19. The van der Waals surface area contributed by atoms with Crippen LogP contribution in [-0.4, -0.2) is 32.6 Å². The second-order valence-electron chi connectivity index (χ2n) is 6.35. The van der Waals surface area contributed by atoms with Gasteiger partial charge in [-0.1, -0.05) is 12.1 Å². The molecular weight excluding hydrogens is 317 g/mol. The lowest BCUT2D eigenvalue weighted by Gasteiger charge is -2.27. The molecule has 0 N–H and O–H groups in total. The van der Waals surface area contributed by atoms with Crippen LogP contribution in [0, 0.1) is 5.82 Å². The molecule has 0 amide bonds. The molecule has 0 saturated carbocycles. The summed E-state index contributed by atoms with van der Waals surface area (Å²) in [6, 6.07) is 6.51. The van der Waals surface area contributed by atoms with Crippen molar-refractivity contribution in [3.05, 3.63) is 48.7 Å². The van der Waals surface area contributed by atoms with E-state index in [0.29, 0.717) is 0 Å². The number of rotatable bonds is 3. The molecule has 1 aromatic carbocycles. The minimum atomic E-state index is -0.275. The maximum absolute atomic E-state index is 13.7. The molecule has 1 aliphatic rings. The molecule has 4 rings (SSSR count). The van der Waals surface area contributed by atoms with E-state index in [1.165, 1.54) is 18.6 Å². The van der Waals surface area contributed by atoms with Crippen molar-refractivity contribution in [3.63, 3.8) is 0 Å². The number of imidazole rings is 1. The predicted molar refractivity (Wildman–Crippen MR) is 95.7 cm³/mol. The second kappa shape index (κ2) is 6.63. The van der Waals surface area contributed by atoms with Gasteiger partial charge in [-0.15, -0.1) is 0 Å². The number of benzene rings is 1. The molecule has 3 heterocycles. The molecule has 0 bridgehead atoms. The van der Waals surface area contributed by atoms with Crippen molar-refractivity contribution in [1.29, 1.82) is 0 Å². The molecule has 128 valence electrons. The van der Waals surface area contributed by atoms with Crippen molar-refractivity contribution in [3.8, 4) is 22.6 Å². The molecule has 25 heavy (non-hydrogen) atoms. The van der Waals surface area contributed by atoms with Crippen LogP contribution in [0.15, 0.2) is 42.9 Å². The Kier molecular flexibility index (Phi) is 4.17. The van der Waals surface area contributed by atoms with E-state index in [0.717, 1.165) is 54.5 Å². The molecule has 0 radical (unpaired) electrons. The molecule has 0 aliphatic carbocycles. The highest BCUT2D eigenvalue weighted by Crippen LogP contribution is 2.31. The third-order valence-corrected chi connectivity index (χ3v) is 4.58. The minimum absolute atomic E-state index is 0.275. The molecule has 0 unspecified atom stereocenters. The third-order valence-electron chi connectivity index (χ3n) is 4.58. The lowest BCUT2D eigenvalue weighted by Crippen LogP contribution is -2.31. The first-order chi connectivity index (χ1) is 12.2. The summed E-state index contributed by atoms with van der Waals surface area (Å²) in [6.07, 6.45) is 8.99. The van der Waals surface area contributed by atoms with Crippen LogP contribution in [0.5, 0.6) is 0 Å². The van der Waals surface area contributed by atoms with Crippen molar-refractivity contribution >= 4 is 5.95 Å². The Morgan fingerprint density at radius 2 is 1.92 bits per heavy atom. The van der Waals surface area contributed by atoms with E-state index in [2.05, 4.69) is 14.9 Å².